The molecule has 0 saturated heterocycles. The van der Waals surface area contributed by atoms with Gasteiger partial charge in [0.1, 0.15) is 11.5 Å². The minimum atomic E-state index is -4.36. The number of carbonyl (C=O) groups is 1. The summed E-state index contributed by atoms with van der Waals surface area (Å²) in [5.41, 5.74) is 1.44. The zero-order chi connectivity index (χ0) is 25.7. The molecule has 0 heterocycles. The first-order valence-corrected chi connectivity index (χ1v) is 13.2. The second kappa shape index (κ2) is 10.9. The quantitative estimate of drug-likeness (QED) is 0.240. The van der Waals surface area contributed by atoms with Crippen molar-refractivity contribution in [1.82, 2.24) is 4.72 Å². The minimum Gasteiger partial charge on any atom is -0.377 e. The molecule has 2 N–H and O–H groups in total. The van der Waals surface area contributed by atoms with E-state index in [1.807, 2.05) is 4.72 Å². The highest BCUT2D eigenvalue weighted by molar-refractivity contribution is 7.90. The van der Waals surface area contributed by atoms with E-state index in [0.717, 1.165) is 55.7 Å². The van der Waals surface area contributed by atoms with E-state index in [0.29, 0.717) is 0 Å². The van der Waals surface area contributed by atoms with Gasteiger partial charge in [-0.3, -0.25) is 14.9 Å². The van der Waals surface area contributed by atoms with Gasteiger partial charge in [0.05, 0.1) is 9.82 Å². The minimum absolute atomic E-state index is 0.0885. The molecule has 4 rings (SSSR count). The lowest BCUT2D eigenvalue weighted by molar-refractivity contribution is -0.384. The number of sulfonamides is 1. The van der Waals surface area contributed by atoms with Gasteiger partial charge in [0.2, 0.25) is 0 Å². The van der Waals surface area contributed by atoms with Crippen LogP contribution in [0.1, 0.15) is 48.9 Å². The monoisotopic (exact) mass is 511 g/mol. The summed E-state index contributed by atoms with van der Waals surface area (Å²) < 4.78 is 40.8. The molecule has 1 amide bonds. The van der Waals surface area contributed by atoms with Crippen molar-refractivity contribution in [1.29, 1.82) is 0 Å². The van der Waals surface area contributed by atoms with Gasteiger partial charge in [-0.05, 0) is 60.4 Å². The van der Waals surface area contributed by atoms with E-state index in [4.69, 9.17) is 0 Å². The van der Waals surface area contributed by atoms with E-state index < -0.39 is 20.9 Å². The fraction of sp³-hybridized carbons (Fsp3) is 0.269. The number of anilines is 1. The van der Waals surface area contributed by atoms with Gasteiger partial charge >= 0.3 is 0 Å². The van der Waals surface area contributed by atoms with Gasteiger partial charge in [0.25, 0.3) is 21.6 Å². The molecular formula is C26H26FN3O5S. The normalized spacial score (nSPS) is 14.6. The van der Waals surface area contributed by atoms with Crippen molar-refractivity contribution in [2.45, 2.75) is 49.5 Å². The fourth-order valence-electron chi connectivity index (χ4n) is 4.29. The zero-order valence-corrected chi connectivity index (χ0v) is 20.3. The molecule has 0 aromatic heterocycles. The molecule has 188 valence electrons. The van der Waals surface area contributed by atoms with Crippen LogP contribution in [0.15, 0.2) is 71.6 Å². The fourth-order valence-corrected chi connectivity index (χ4v) is 5.29. The Morgan fingerprint density at radius 2 is 1.47 bits per heavy atom. The van der Waals surface area contributed by atoms with Crippen molar-refractivity contribution in [2.75, 3.05) is 5.32 Å². The smallest absolute Gasteiger partial charge is 0.293 e. The zero-order valence-electron chi connectivity index (χ0n) is 19.4. The standard InChI is InChI=1S/C26H26FN3O5S/c27-21-13-11-19(12-14-21)18-7-9-20(10-8-18)26(31)29-36(34,35)23-15-16-24(25(17-23)30(32)33)28-22-5-3-1-2-4-6-22/h7-17,22,28H,1-6H2,(H,29,31). The number of nitro benzene ring substituents is 1. The largest absolute Gasteiger partial charge is 0.377 e. The molecule has 1 aliphatic rings. The van der Waals surface area contributed by atoms with Crippen LogP contribution in [0.4, 0.5) is 15.8 Å². The average Bonchev–Trinajstić information content (AvgIpc) is 3.13. The lowest BCUT2D eigenvalue weighted by Gasteiger charge is -2.18. The molecule has 10 heteroatoms. The third kappa shape index (κ3) is 6.06. The number of halogens is 1. The Balaban J connectivity index is 1.50. The van der Waals surface area contributed by atoms with E-state index >= 15 is 0 Å². The molecule has 36 heavy (non-hydrogen) atoms. The molecule has 0 bridgehead atoms. The summed E-state index contributed by atoms with van der Waals surface area (Å²) in [6.07, 6.45) is 6.13. The lowest BCUT2D eigenvalue weighted by atomic mass is 10.0. The molecule has 0 unspecified atom stereocenters. The van der Waals surface area contributed by atoms with E-state index in [1.165, 1.54) is 36.4 Å². The summed E-state index contributed by atoms with van der Waals surface area (Å²) in [6.45, 7) is 0. The molecule has 1 fully saturated rings. The third-order valence-corrected chi connectivity index (χ3v) is 7.57. The Kier molecular flexibility index (Phi) is 7.64. The highest BCUT2D eigenvalue weighted by Crippen LogP contribution is 2.30. The van der Waals surface area contributed by atoms with Crippen molar-refractivity contribution in [2.24, 2.45) is 0 Å². The summed E-state index contributed by atoms with van der Waals surface area (Å²) in [4.78, 5) is 23.3. The van der Waals surface area contributed by atoms with Crippen LogP contribution in [0.2, 0.25) is 0 Å². The summed E-state index contributed by atoms with van der Waals surface area (Å²) >= 11 is 0. The summed E-state index contributed by atoms with van der Waals surface area (Å²) in [6, 6.07) is 15.6. The Labute approximate surface area is 208 Å². The molecule has 3 aromatic rings. The second-order valence-corrected chi connectivity index (χ2v) is 10.5. The number of benzene rings is 3. The Hall–Kier alpha value is -3.79. The number of hydrogen-bond donors (Lipinski definition) is 2. The lowest BCUT2D eigenvalue weighted by Crippen LogP contribution is -2.30. The number of amides is 1. The van der Waals surface area contributed by atoms with Gasteiger partial charge in [-0.15, -0.1) is 0 Å². The maximum Gasteiger partial charge on any atom is 0.293 e. The van der Waals surface area contributed by atoms with Gasteiger partial charge in [0, 0.05) is 17.7 Å². The predicted octanol–water partition coefficient (Wildman–Crippen LogP) is 5.65. The molecule has 1 saturated carbocycles. The van der Waals surface area contributed by atoms with Crippen molar-refractivity contribution < 1.29 is 22.5 Å². The van der Waals surface area contributed by atoms with Gasteiger partial charge in [-0.2, -0.15) is 0 Å². The molecular weight excluding hydrogens is 485 g/mol. The molecule has 8 nitrogen and oxygen atoms in total. The maximum atomic E-state index is 13.1. The molecule has 1 aliphatic carbocycles. The van der Waals surface area contributed by atoms with Crippen LogP contribution in [-0.2, 0) is 10.0 Å². The van der Waals surface area contributed by atoms with Crippen LogP contribution in [-0.4, -0.2) is 25.3 Å². The number of nitrogens with zero attached hydrogens (tertiary/aromatic N) is 1. The van der Waals surface area contributed by atoms with Gasteiger partial charge in [0.15, 0.2) is 0 Å². The topological polar surface area (TPSA) is 118 Å². The van der Waals surface area contributed by atoms with Crippen molar-refractivity contribution in [3.63, 3.8) is 0 Å². The van der Waals surface area contributed by atoms with Crippen LogP contribution >= 0.6 is 0 Å². The first-order valence-electron chi connectivity index (χ1n) is 11.7. The Bertz CT molecular complexity index is 1350. The molecule has 0 aliphatic heterocycles. The van der Waals surface area contributed by atoms with Crippen LogP contribution < -0.4 is 10.0 Å². The summed E-state index contributed by atoms with van der Waals surface area (Å²) in [5.74, 6) is -1.24. The highest BCUT2D eigenvalue weighted by Gasteiger charge is 2.25. The van der Waals surface area contributed by atoms with Gasteiger partial charge in [-0.25, -0.2) is 17.5 Å². The average molecular weight is 512 g/mol. The molecule has 0 atom stereocenters. The summed E-state index contributed by atoms with van der Waals surface area (Å²) in [7, 11) is -4.36. The summed E-state index contributed by atoms with van der Waals surface area (Å²) in [5, 5.41) is 14.9. The third-order valence-electron chi connectivity index (χ3n) is 6.24. The maximum absolute atomic E-state index is 13.1. The number of hydrogen-bond acceptors (Lipinski definition) is 6. The van der Waals surface area contributed by atoms with Gasteiger partial charge in [-0.1, -0.05) is 49.9 Å². The van der Waals surface area contributed by atoms with E-state index in [2.05, 4.69) is 5.32 Å². The van der Waals surface area contributed by atoms with Crippen molar-refractivity contribution in [3.05, 3.63) is 88.2 Å². The van der Waals surface area contributed by atoms with Crippen molar-refractivity contribution >= 4 is 27.3 Å². The van der Waals surface area contributed by atoms with E-state index in [9.17, 15) is 27.7 Å². The van der Waals surface area contributed by atoms with E-state index in [-0.39, 0.29) is 33.7 Å². The van der Waals surface area contributed by atoms with Crippen LogP contribution in [0.25, 0.3) is 11.1 Å². The SMILES string of the molecule is O=C(NS(=O)(=O)c1ccc(NC2CCCCCC2)c([N+](=O)[O-])c1)c1ccc(-c2ccc(F)cc2)cc1. The second-order valence-electron chi connectivity index (χ2n) is 8.79. The Morgan fingerprint density at radius 3 is 2.06 bits per heavy atom. The predicted molar refractivity (Wildman–Crippen MR) is 135 cm³/mol. The highest BCUT2D eigenvalue weighted by atomic mass is 32.2. The number of rotatable bonds is 7. The molecule has 0 spiro atoms. The first kappa shape index (κ1) is 25.3. The van der Waals surface area contributed by atoms with Crippen molar-refractivity contribution in [3.8, 4) is 11.1 Å². The number of carbonyl (C=O) groups excluding carboxylic acids is 1. The Morgan fingerprint density at radius 1 is 0.889 bits per heavy atom. The van der Waals surface area contributed by atoms with Crippen LogP contribution in [0.3, 0.4) is 0 Å². The van der Waals surface area contributed by atoms with Crippen LogP contribution in [0, 0.1) is 15.9 Å². The number of nitro groups is 1. The molecule has 3 aromatic carbocycles. The van der Waals surface area contributed by atoms with Gasteiger partial charge < -0.3 is 5.32 Å². The van der Waals surface area contributed by atoms with E-state index in [1.54, 1.807) is 24.3 Å². The first-order chi connectivity index (χ1) is 17.2. The molecule has 0 radical (unpaired) electrons. The van der Waals surface area contributed by atoms with Crippen LogP contribution in [0.5, 0.6) is 0 Å². The number of nitrogens with one attached hydrogen (secondary N) is 2.